The van der Waals surface area contributed by atoms with Gasteiger partial charge < -0.3 is 0 Å². The van der Waals surface area contributed by atoms with Crippen LogP contribution in [0.5, 0.6) is 0 Å². The van der Waals surface area contributed by atoms with Crippen molar-refractivity contribution in [1.29, 1.82) is 0 Å². The molecule has 0 radical (unpaired) electrons. The van der Waals surface area contributed by atoms with Gasteiger partial charge in [-0.2, -0.15) is 0 Å². The van der Waals surface area contributed by atoms with E-state index in [2.05, 4.69) is 16.6 Å². The van der Waals surface area contributed by atoms with Crippen LogP contribution in [0.25, 0.3) is 0 Å². The van der Waals surface area contributed by atoms with E-state index in [9.17, 15) is 9.59 Å². The number of aromatic nitrogens is 2. The van der Waals surface area contributed by atoms with Gasteiger partial charge >= 0.3 is 11.4 Å². The van der Waals surface area contributed by atoms with Crippen LogP contribution in [0.1, 0.15) is 61.2 Å². The third-order valence-electron chi connectivity index (χ3n) is 3.13. The number of hydrogen-bond donors (Lipinski definition) is 0. The second-order valence-corrected chi connectivity index (χ2v) is 4.75. The molecule has 0 saturated heterocycles. The second-order valence-electron chi connectivity index (χ2n) is 4.75. The molecule has 0 amide bonds. The van der Waals surface area contributed by atoms with Crippen molar-refractivity contribution in [3.8, 4) is 0 Å². The van der Waals surface area contributed by atoms with E-state index in [-0.39, 0.29) is 17.0 Å². The predicted octanol–water partition coefficient (Wildman–Crippen LogP) is 4.11. The Kier molecular flexibility index (Phi) is 13.0. The van der Waals surface area contributed by atoms with Crippen molar-refractivity contribution in [3.05, 3.63) is 83.7 Å². The van der Waals surface area contributed by atoms with E-state index in [0.29, 0.717) is 10.5 Å². The monoisotopic (exact) mass is 401 g/mol. The smallest absolute Gasteiger partial charge is 0.284 e. The zero-order valence-corrected chi connectivity index (χ0v) is 17.8. The minimum atomic E-state index is -0.514. The standard InChI is InChI=1S/C18H17N2O5.2C2H6/c1-4-9-13(10-5-2)17(21)15-16(20(24-19-15)25-23-3)18(22)14-11-7-6-8-12-14;2*1-2/h4-12H,1H2,2-3H3;2*1-2H3/q+1;;/b10-5-,13-9+;;. The number of carbonyl (C=O) groups excluding carboxylic acids is 2. The summed E-state index contributed by atoms with van der Waals surface area (Å²) in [7, 11) is 1.23. The SMILES string of the molecule is C=C/C=C(\C=C/C)C(=O)c1no[n+](OOC)c1C(=O)c1ccccc1.CC.CC. The topological polar surface area (TPSA) is 82.5 Å². The fraction of sp³-hybridized carbons (Fsp3) is 0.273. The number of allylic oxidation sites excluding steroid dienone is 5. The van der Waals surface area contributed by atoms with Crippen molar-refractivity contribution in [2.75, 3.05) is 7.11 Å². The number of hydrogen-bond acceptors (Lipinski definition) is 6. The van der Waals surface area contributed by atoms with Crippen LogP contribution in [0.3, 0.4) is 0 Å². The van der Waals surface area contributed by atoms with Crippen molar-refractivity contribution >= 4 is 11.6 Å². The zero-order chi connectivity index (χ0) is 22.2. The highest BCUT2D eigenvalue weighted by Gasteiger charge is 2.39. The van der Waals surface area contributed by atoms with Crippen LogP contribution in [0.15, 0.2) is 71.4 Å². The maximum Gasteiger partial charge on any atom is 0.330 e. The van der Waals surface area contributed by atoms with E-state index in [1.807, 2.05) is 27.7 Å². The lowest BCUT2D eigenvalue weighted by atomic mass is 10.0. The van der Waals surface area contributed by atoms with Gasteiger partial charge in [-0.25, -0.2) is 0 Å². The Balaban J connectivity index is 0.00000184. The lowest BCUT2D eigenvalue weighted by molar-refractivity contribution is -1.07. The van der Waals surface area contributed by atoms with Gasteiger partial charge in [0.2, 0.25) is 11.6 Å². The van der Waals surface area contributed by atoms with E-state index in [4.69, 9.17) is 9.62 Å². The molecule has 0 aliphatic rings. The van der Waals surface area contributed by atoms with Crippen LogP contribution in [0, 0.1) is 0 Å². The Morgan fingerprint density at radius 2 is 1.76 bits per heavy atom. The lowest BCUT2D eigenvalue weighted by Crippen LogP contribution is -2.46. The molecule has 0 saturated carbocycles. The minimum Gasteiger partial charge on any atom is -0.284 e. The number of Topliss-reactive ketones (excluding diaryl/α,β-unsaturated/α-hetero) is 1. The molecule has 2 aromatic rings. The maximum absolute atomic E-state index is 12.8. The number of benzene rings is 1. The van der Waals surface area contributed by atoms with Gasteiger partial charge in [0.05, 0.1) is 7.11 Å². The Hall–Kier alpha value is -3.32. The first-order valence-electron chi connectivity index (χ1n) is 9.37. The normalized spacial score (nSPS) is 10.3. The summed E-state index contributed by atoms with van der Waals surface area (Å²) >= 11 is 0. The van der Waals surface area contributed by atoms with E-state index < -0.39 is 11.6 Å². The van der Waals surface area contributed by atoms with Gasteiger partial charge in [-0.3, -0.25) is 9.59 Å². The highest BCUT2D eigenvalue weighted by Crippen LogP contribution is 2.15. The summed E-state index contributed by atoms with van der Waals surface area (Å²) in [6.07, 6.45) is 6.24. The predicted molar refractivity (Wildman–Crippen MR) is 110 cm³/mol. The molecule has 0 aliphatic heterocycles. The average Bonchev–Trinajstić information content (AvgIpc) is 3.20. The van der Waals surface area contributed by atoms with Gasteiger partial charge in [0, 0.05) is 11.1 Å². The first-order valence-corrected chi connectivity index (χ1v) is 9.37. The quantitative estimate of drug-likeness (QED) is 0.218. The van der Waals surface area contributed by atoms with Gasteiger partial charge in [0.1, 0.15) is 0 Å². The molecule has 0 unspecified atom stereocenters. The van der Waals surface area contributed by atoms with Crippen molar-refractivity contribution in [2.45, 2.75) is 34.6 Å². The molecule has 0 fully saturated rings. The summed E-state index contributed by atoms with van der Waals surface area (Å²) in [5.74, 6) is -1.01. The van der Waals surface area contributed by atoms with Crippen LogP contribution < -0.4 is 9.89 Å². The largest absolute Gasteiger partial charge is 0.330 e. The van der Waals surface area contributed by atoms with Crippen molar-refractivity contribution < 1.29 is 29.0 Å². The molecule has 2 rings (SSSR count). The van der Waals surface area contributed by atoms with Crippen LogP contribution in [0.4, 0.5) is 0 Å². The molecule has 0 atom stereocenters. The lowest BCUT2D eigenvalue weighted by Gasteiger charge is -1.98. The number of ketones is 2. The van der Waals surface area contributed by atoms with Crippen molar-refractivity contribution in [3.63, 3.8) is 0 Å². The molecule has 0 N–H and O–H groups in total. The highest BCUT2D eigenvalue weighted by atomic mass is 17.3. The summed E-state index contributed by atoms with van der Waals surface area (Å²) in [5, 5.41) is 3.67. The Bertz CT molecular complexity index is 836. The molecular formula is C22H29N2O5+. The van der Waals surface area contributed by atoms with Gasteiger partial charge in [0.15, 0.2) is 10.1 Å². The molecule has 7 nitrogen and oxygen atoms in total. The van der Waals surface area contributed by atoms with Gasteiger partial charge in [-0.1, -0.05) is 88.9 Å². The zero-order valence-electron chi connectivity index (χ0n) is 17.8. The summed E-state index contributed by atoms with van der Waals surface area (Å²) in [6, 6.07) is 8.38. The van der Waals surface area contributed by atoms with E-state index in [1.54, 1.807) is 49.4 Å². The molecule has 1 aromatic carbocycles. The Morgan fingerprint density at radius 1 is 1.14 bits per heavy atom. The molecule has 0 spiro atoms. The number of carbonyl (C=O) groups is 2. The number of rotatable bonds is 8. The van der Waals surface area contributed by atoms with Crippen LogP contribution in [0.2, 0.25) is 0 Å². The van der Waals surface area contributed by atoms with E-state index >= 15 is 0 Å². The van der Waals surface area contributed by atoms with Crippen LogP contribution in [-0.4, -0.2) is 23.8 Å². The fourth-order valence-electron chi connectivity index (χ4n) is 2.08. The molecule has 1 aromatic heterocycles. The van der Waals surface area contributed by atoms with Crippen LogP contribution >= 0.6 is 0 Å². The highest BCUT2D eigenvalue weighted by molar-refractivity contribution is 6.17. The Labute approximate surface area is 171 Å². The minimum absolute atomic E-state index is 0.183. The first kappa shape index (κ1) is 25.7. The summed E-state index contributed by atoms with van der Waals surface area (Å²) in [4.78, 5) is 35.5. The third-order valence-corrected chi connectivity index (χ3v) is 3.13. The second kappa shape index (κ2) is 14.7. The van der Waals surface area contributed by atoms with E-state index in [1.165, 1.54) is 19.3 Å². The summed E-state index contributed by atoms with van der Waals surface area (Å²) in [5.41, 5.74) is 0.251. The molecule has 0 bridgehead atoms. The molecule has 0 aliphatic carbocycles. The molecule has 7 heteroatoms. The first-order chi connectivity index (χ1) is 14.1. The van der Waals surface area contributed by atoms with Crippen LogP contribution in [-0.2, 0) is 4.89 Å². The van der Waals surface area contributed by atoms with Gasteiger partial charge in [-0.05, 0) is 11.6 Å². The third kappa shape index (κ3) is 6.97. The van der Waals surface area contributed by atoms with Crippen molar-refractivity contribution in [2.24, 2.45) is 0 Å². The van der Waals surface area contributed by atoms with Crippen molar-refractivity contribution in [1.82, 2.24) is 5.16 Å². The summed E-state index contributed by atoms with van der Waals surface area (Å²) < 4.78 is 4.91. The van der Waals surface area contributed by atoms with Gasteiger partial charge in [0.25, 0.3) is 0 Å². The van der Waals surface area contributed by atoms with Gasteiger partial charge in [-0.15, -0.1) is 9.88 Å². The maximum atomic E-state index is 12.8. The molecule has 1 heterocycles. The molecular weight excluding hydrogens is 372 g/mol. The molecule has 156 valence electrons. The molecule has 29 heavy (non-hydrogen) atoms. The average molecular weight is 401 g/mol. The van der Waals surface area contributed by atoms with E-state index in [0.717, 1.165) is 0 Å². The Morgan fingerprint density at radius 3 is 2.28 bits per heavy atom. The fourth-order valence-corrected chi connectivity index (χ4v) is 2.08. The summed E-state index contributed by atoms with van der Waals surface area (Å²) in [6.45, 7) is 13.3. The number of nitrogens with zero attached hydrogens (tertiary/aromatic N) is 2.